The Morgan fingerprint density at radius 1 is 1.38 bits per heavy atom. The topological polar surface area (TPSA) is 75.3 Å². The predicted molar refractivity (Wildman–Crippen MR) is 77.6 cm³/mol. The molecule has 1 heterocycles. The maximum Gasteiger partial charge on any atom is 0.337 e. The molecule has 0 bridgehead atoms. The van der Waals surface area contributed by atoms with Crippen molar-refractivity contribution in [1.29, 1.82) is 0 Å². The molecular weight excluding hydrogens is 268 g/mol. The SMILES string of the molecule is O=C(O)c1cccc2c1nc(C1CC1)n2C1(CO)CCC1. The standard InChI is InChI=1S/C16H18N2O3/c19-9-16(7-2-8-16)18-12-4-1-3-11(15(20)21)13(12)17-14(18)10-5-6-10/h1,3-4,10,19H,2,5-9H2,(H,20,21). The van der Waals surface area contributed by atoms with Crippen LogP contribution >= 0.6 is 0 Å². The first kappa shape index (κ1) is 12.8. The Balaban J connectivity index is 2.01. The number of imidazole rings is 1. The number of aromatic carboxylic acids is 1. The lowest BCUT2D eigenvalue weighted by Crippen LogP contribution is -2.44. The lowest BCUT2D eigenvalue weighted by atomic mass is 9.76. The number of fused-ring (bicyclic) bond motifs is 1. The van der Waals surface area contributed by atoms with Gasteiger partial charge in [0.2, 0.25) is 0 Å². The lowest BCUT2D eigenvalue weighted by molar-refractivity contribution is 0.0563. The summed E-state index contributed by atoms with van der Waals surface area (Å²) in [6.45, 7) is 0.0927. The molecule has 21 heavy (non-hydrogen) atoms. The summed E-state index contributed by atoms with van der Waals surface area (Å²) in [7, 11) is 0. The molecule has 2 aromatic rings. The van der Waals surface area contributed by atoms with E-state index in [0.29, 0.717) is 11.4 Å². The molecule has 4 rings (SSSR count). The van der Waals surface area contributed by atoms with E-state index in [4.69, 9.17) is 0 Å². The molecule has 0 spiro atoms. The minimum atomic E-state index is -0.945. The van der Waals surface area contributed by atoms with Crippen LogP contribution in [0.1, 0.15) is 54.2 Å². The first-order valence-corrected chi connectivity index (χ1v) is 7.52. The molecule has 0 saturated heterocycles. The maximum absolute atomic E-state index is 11.4. The van der Waals surface area contributed by atoms with Crippen molar-refractivity contribution in [2.24, 2.45) is 0 Å². The molecule has 110 valence electrons. The number of aromatic nitrogens is 2. The highest BCUT2D eigenvalue weighted by Crippen LogP contribution is 2.48. The molecule has 5 heteroatoms. The van der Waals surface area contributed by atoms with E-state index in [1.54, 1.807) is 12.1 Å². The summed E-state index contributed by atoms with van der Waals surface area (Å²) in [6.07, 6.45) is 5.18. The van der Waals surface area contributed by atoms with E-state index in [9.17, 15) is 15.0 Å². The molecule has 0 aliphatic heterocycles. The van der Waals surface area contributed by atoms with Crippen LogP contribution in [0.2, 0.25) is 0 Å². The minimum absolute atomic E-state index is 0.0927. The second kappa shape index (κ2) is 4.31. The summed E-state index contributed by atoms with van der Waals surface area (Å²) in [4.78, 5) is 16.1. The highest BCUT2D eigenvalue weighted by Gasteiger charge is 2.43. The van der Waals surface area contributed by atoms with Gasteiger partial charge in [0.1, 0.15) is 11.3 Å². The number of rotatable bonds is 4. The number of hydrogen-bond acceptors (Lipinski definition) is 3. The number of carboxylic acid groups (broad SMARTS) is 1. The zero-order chi connectivity index (χ0) is 14.6. The Morgan fingerprint density at radius 3 is 2.67 bits per heavy atom. The molecule has 1 aromatic heterocycles. The number of hydrogen-bond donors (Lipinski definition) is 2. The van der Waals surface area contributed by atoms with Crippen LogP contribution in [-0.2, 0) is 5.54 Å². The van der Waals surface area contributed by atoms with Crippen LogP contribution in [0.25, 0.3) is 11.0 Å². The van der Waals surface area contributed by atoms with Crippen molar-refractivity contribution in [2.75, 3.05) is 6.61 Å². The van der Waals surface area contributed by atoms with Gasteiger partial charge in [-0.25, -0.2) is 9.78 Å². The van der Waals surface area contributed by atoms with Crippen molar-refractivity contribution in [3.63, 3.8) is 0 Å². The van der Waals surface area contributed by atoms with E-state index in [2.05, 4.69) is 9.55 Å². The third-order valence-electron chi connectivity index (χ3n) is 4.94. The van der Waals surface area contributed by atoms with Crippen LogP contribution in [0.15, 0.2) is 18.2 Å². The van der Waals surface area contributed by atoms with Crippen molar-refractivity contribution in [1.82, 2.24) is 9.55 Å². The van der Waals surface area contributed by atoms with Gasteiger partial charge in [0.25, 0.3) is 0 Å². The predicted octanol–water partition coefficient (Wildman–Crippen LogP) is 2.48. The van der Waals surface area contributed by atoms with E-state index in [1.165, 1.54) is 0 Å². The number of carboxylic acids is 1. The van der Waals surface area contributed by atoms with Gasteiger partial charge in [-0.1, -0.05) is 6.07 Å². The number of para-hydroxylation sites is 1. The van der Waals surface area contributed by atoms with Crippen molar-refractivity contribution < 1.29 is 15.0 Å². The van der Waals surface area contributed by atoms with Crippen LogP contribution in [0.5, 0.6) is 0 Å². The average molecular weight is 286 g/mol. The molecule has 1 aromatic carbocycles. The third-order valence-corrected chi connectivity index (χ3v) is 4.94. The highest BCUT2D eigenvalue weighted by molar-refractivity contribution is 6.01. The zero-order valence-corrected chi connectivity index (χ0v) is 11.7. The molecule has 0 amide bonds. The van der Waals surface area contributed by atoms with Gasteiger partial charge in [-0.15, -0.1) is 0 Å². The van der Waals surface area contributed by atoms with Crippen molar-refractivity contribution in [3.05, 3.63) is 29.6 Å². The Kier molecular flexibility index (Phi) is 2.63. The van der Waals surface area contributed by atoms with Gasteiger partial charge in [0, 0.05) is 5.92 Å². The van der Waals surface area contributed by atoms with Crippen LogP contribution in [-0.4, -0.2) is 32.3 Å². The van der Waals surface area contributed by atoms with E-state index in [-0.39, 0.29) is 17.7 Å². The molecule has 0 radical (unpaired) electrons. The molecule has 0 atom stereocenters. The van der Waals surface area contributed by atoms with Gasteiger partial charge >= 0.3 is 5.97 Å². The number of nitrogens with zero attached hydrogens (tertiary/aromatic N) is 2. The quantitative estimate of drug-likeness (QED) is 0.905. The molecule has 2 N–H and O–H groups in total. The summed E-state index contributed by atoms with van der Waals surface area (Å²) in [5.41, 5.74) is 1.39. The summed E-state index contributed by atoms with van der Waals surface area (Å²) >= 11 is 0. The second-order valence-corrected chi connectivity index (χ2v) is 6.29. The summed E-state index contributed by atoms with van der Waals surface area (Å²) < 4.78 is 2.15. The average Bonchev–Trinajstić information content (AvgIpc) is 3.20. The molecule has 2 fully saturated rings. The fraction of sp³-hybridized carbons (Fsp3) is 0.500. The summed E-state index contributed by atoms with van der Waals surface area (Å²) in [5.74, 6) is 0.440. The van der Waals surface area contributed by atoms with E-state index in [0.717, 1.165) is 43.4 Å². The van der Waals surface area contributed by atoms with Crippen molar-refractivity contribution in [2.45, 2.75) is 43.6 Å². The smallest absolute Gasteiger partial charge is 0.337 e. The largest absolute Gasteiger partial charge is 0.478 e. The third kappa shape index (κ3) is 1.73. The van der Waals surface area contributed by atoms with Gasteiger partial charge in [-0.05, 0) is 44.2 Å². The van der Waals surface area contributed by atoms with Gasteiger partial charge in [0.15, 0.2) is 0 Å². The van der Waals surface area contributed by atoms with E-state index >= 15 is 0 Å². The fourth-order valence-electron chi connectivity index (χ4n) is 3.44. The Bertz CT molecular complexity index is 721. The summed E-state index contributed by atoms with van der Waals surface area (Å²) in [6, 6.07) is 5.30. The van der Waals surface area contributed by atoms with Crippen molar-refractivity contribution >= 4 is 17.0 Å². The van der Waals surface area contributed by atoms with Crippen LogP contribution in [0.4, 0.5) is 0 Å². The molecule has 5 nitrogen and oxygen atoms in total. The maximum atomic E-state index is 11.4. The van der Waals surface area contributed by atoms with E-state index < -0.39 is 5.97 Å². The number of benzene rings is 1. The molecule has 2 aliphatic rings. The Labute approximate surface area is 122 Å². The highest BCUT2D eigenvalue weighted by atomic mass is 16.4. The van der Waals surface area contributed by atoms with Crippen LogP contribution < -0.4 is 0 Å². The first-order chi connectivity index (χ1) is 10.2. The Morgan fingerprint density at radius 2 is 2.14 bits per heavy atom. The van der Waals surface area contributed by atoms with Gasteiger partial charge in [-0.3, -0.25) is 0 Å². The van der Waals surface area contributed by atoms with Gasteiger partial charge < -0.3 is 14.8 Å². The molecule has 2 saturated carbocycles. The molecule has 2 aliphatic carbocycles. The molecular formula is C16H18N2O3. The first-order valence-electron chi connectivity index (χ1n) is 7.52. The number of carbonyl (C=O) groups is 1. The van der Waals surface area contributed by atoms with E-state index in [1.807, 2.05) is 6.07 Å². The van der Waals surface area contributed by atoms with Crippen LogP contribution in [0.3, 0.4) is 0 Å². The van der Waals surface area contributed by atoms with Gasteiger partial charge in [0.05, 0.1) is 23.2 Å². The summed E-state index contributed by atoms with van der Waals surface area (Å²) in [5, 5.41) is 19.3. The second-order valence-electron chi connectivity index (χ2n) is 6.29. The zero-order valence-electron chi connectivity index (χ0n) is 11.7. The number of aliphatic hydroxyl groups excluding tert-OH is 1. The van der Waals surface area contributed by atoms with Gasteiger partial charge in [-0.2, -0.15) is 0 Å². The fourth-order valence-corrected chi connectivity index (χ4v) is 3.44. The van der Waals surface area contributed by atoms with Crippen LogP contribution in [0, 0.1) is 0 Å². The normalized spacial score (nSPS) is 20.4. The minimum Gasteiger partial charge on any atom is -0.478 e. The lowest BCUT2D eigenvalue weighted by Gasteiger charge is -2.43. The number of aliphatic hydroxyl groups is 1. The van der Waals surface area contributed by atoms with Crippen molar-refractivity contribution in [3.8, 4) is 0 Å². The monoisotopic (exact) mass is 286 g/mol. The Hall–Kier alpha value is -1.88. The molecule has 0 unspecified atom stereocenters.